The molecule has 3 unspecified atom stereocenters. The number of nitriles is 1. The molecule has 4 aliphatic rings. The molecule has 4 saturated heterocycles. The largest absolute Gasteiger partial charge is 0.481 e. The number of benzene rings is 3. The predicted octanol–water partition coefficient (Wildman–Crippen LogP) is 3.96. The van der Waals surface area contributed by atoms with Gasteiger partial charge in [0.15, 0.2) is 0 Å². The quantitative estimate of drug-likeness (QED) is 0.0712. The molecule has 1 aromatic heterocycles. The van der Waals surface area contributed by atoms with E-state index in [0.717, 1.165) is 30.9 Å². The predicted molar refractivity (Wildman–Crippen MR) is 251 cm³/mol. The molecule has 1 spiro atoms. The van der Waals surface area contributed by atoms with Crippen molar-refractivity contribution in [2.24, 2.45) is 23.0 Å². The van der Waals surface area contributed by atoms with Crippen LogP contribution in [0.4, 0.5) is 0 Å². The number of aryl methyl sites for hydroxylation is 1. The number of hydrogen-bond acceptors (Lipinski definition) is 11. The van der Waals surface area contributed by atoms with Gasteiger partial charge in [-0.2, -0.15) is 5.26 Å². The number of esters is 1. The highest BCUT2D eigenvalue weighted by Crippen LogP contribution is 2.41. The number of ether oxygens (including phenoxy) is 1. The van der Waals surface area contributed by atoms with E-state index in [-0.39, 0.29) is 53.9 Å². The van der Waals surface area contributed by atoms with Crippen molar-refractivity contribution in [2.45, 2.75) is 70.9 Å². The summed E-state index contributed by atoms with van der Waals surface area (Å²) in [7, 11) is 1.34. The molecule has 0 saturated carbocycles. The number of likely N-dealkylation sites (tertiary alicyclic amines) is 1. The van der Waals surface area contributed by atoms with Gasteiger partial charge in [-0.05, 0) is 54.9 Å². The molecule has 3 atom stereocenters. The fourth-order valence-corrected chi connectivity index (χ4v) is 7.25. The van der Waals surface area contributed by atoms with Crippen molar-refractivity contribution in [3.05, 3.63) is 142 Å². The Kier molecular flexibility index (Phi) is 24.0. The smallest absolute Gasteiger partial charge is 0.335 e. The van der Waals surface area contributed by atoms with Gasteiger partial charge in [0.05, 0.1) is 36.0 Å². The second kappa shape index (κ2) is 29.8. The van der Waals surface area contributed by atoms with Gasteiger partial charge in [0.25, 0.3) is 0 Å². The number of unbranched alkanes of at least 4 members (excludes halogenated alkanes) is 1. The Morgan fingerprint density at radius 3 is 1.75 bits per heavy atom. The Balaban J connectivity index is 0.000000221. The third-order valence-corrected chi connectivity index (χ3v) is 11.0. The number of aromatic amines is 1. The topological polar surface area (TPSA) is 291 Å². The lowest BCUT2D eigenvalue weighted by Crippen LogP contribution is -2.64. The Labute approximate surface area is 395 Å². The van der Waals surface area contributed by atoms with Crippen molar-refractivity contribution in [3.63, 3.8) is 0 Å². The number of aliphatic carboxylic acids is 1. The van der Waals surface area contributed by atoms with Crippen LogP contribution in [-0.2, 0) is 53.0 Å². The SMILES string of the molecule is COC(=O)C1CCNC(=O)C1.N#CCCCc1ccccc1.NCc1ccccc1.O=C(O)c1cc[nH]c(=O)c1.O=C1CC(C(=O)O)CCN1.O=C1CC2(CCN1)CN(Cc1ccccc1)C2=O. The van der Waals surface area contributed by atoms with E-state index in [2.05, 4.69) is 43.9 Å². The zero-order chi connectivity index (χ0) is 49.7. The first-order valence-corrected chi connectivity index (χ1v) is 22.2. The van der Waals surface area contributed by atoms with Crippen LogP contribution < -0.4 is 27.2 Å². The minimum atomic E-state index is -1.09. The highest BCUT2D eigenvalue weighted by molar-refractivity contribution is 5.94. The number of nitrogens with one attached hydrogen (secondary N) is 4. The number of carbonyl (C=O) groups is 7. The summed E-state index contributed by atoms with van der Waals surface area (Å²) in [5.41, 5.74) is 8.21. The number of aromatic carboxylic acids is 1. The summed E-state index contributed by atoms with van der Waals surface area (Å²) in [6, 6.07) is 34.7. The molecule has 0 aliphatic carbocycles. The monoisotopic (exact) mass is 935 g/mol. The van der Waals surface area contributed by atoms with Crippen molar-refractivity contribution in [1.82, 2.24) is 25.8 Å². The fraction of sp³-hybridized carbons (Fsp3) is 0.380. The van der Waals surface area contributed by atoms with Crippen molar-refractivity contribution in [1.29, 1.82) is 5.26 Å². The molecular weight excluding hydrogens is 875 g/mol. The number of amides is 4. The Morgan fingerprint density at radius 1 is 0.765 bits per heavy atom. The molecule has 68 heavy (non-hydrogen) atoms. The number of carboxylic acids is 2. The summed E-state index contributed by atoms with van der Waals surface area (Å²) in [4.78, 5) is 91.1. The van der Waals surface area contributed by atoms with E-state index in [0.29, 0.717) is 65.0 Å². The number of carboxylic acid groups (broad SMARTS) is 2. The number of β-lactam (4-membered cyclic amide) rings is 1. The molecule has 8 rings (SSSR count). The second-order valence-corrected chi connectivity index (χ2v) is 16.1. The van der Waals surface area contributed by atoms with Gasteiger partial charge in [0.2, 0.25) is 29.2 Å². The molecular formula is C50H61N7O11. The van der Waals surface area contributed by atoms with Crippen LogP contribution in [-0.4, -0.2) is 94.9 Å². The first kappa shape index (κ1) is 54.7. The van der Waals surface area contributed by atoms with Gasteiger partial charge in [0.1, 0.15) is 0 Å². The number of rotatable bonds is 9. The van der Waals surface area contributed by atoms with Crippen LogP contribution in [0.15, 0.2) is 114 Å². The first-order valence-electron chi connectivity index (χ1n) is 22.2. The van der Waals surface area contributed by atoms with Gasteiger partial charge in [-0.1, -0.05) is 91.0 Å². The van der Waals surface area contributed by atoms with Crippen LogP contribution in [0.5, 0.6) is 0 Å². The minimum Gasteiger partial charge on any atom is -0.481 e. The molecule has 5 heterocycles. The second-order valence-electron chi connectivity index (χ2n) is 16.1. The average molecular weight is 936 g/mol. The van der Waals surface area contributed by atoms with Crippen molar-refractivity contribution in [2.75, 3.05) is 33.3 Å². The molecule has 4 aromatic rings. The number of pyridine rings is 1. The van der Waals surface area contributed by atoms with Gasteiger partial charge in [0, 0.05) is 77.2 Å². The number of aromatic nitrogens is 1. The summed E-state index contributed by atoms with van der Waals surface area (Å²) in [6.45, 7) is 3.72. The van der Waals surface area contributed by atoms with Crippen molar-refractivity contribution in [3.8, 4) is 6.07 Å². The summed E-state index contributed by atoms with van der Waals surface area (Å²) in [5.74, 6) is -3.00. The molecule has 4 amide bonds. The van der Waals surface area contributed by atoms with E-state index in [1.807, 2.05) is 83.8 Å². The summed E-state index contributed by atoms with van der Waals surface area (Å²) >= 11 is 0. The van der Waals surface area contributed by atoms with Gasteiger partial charge in [-0.3, -0.25) is 33.6 Å². The number of nitrogens with two attached hydrogens (primary N) is 1. The number of nitrogens with zero attached hydrogens (tertiary/aromatic N) is 2. The summed E-state index contributed by atoms with van der Waals surface area (Å²) < 4.78 is 4.52. The standard InChI is InChI=1S/C14H16N2O2.C10H11N.C7H11NO3.C7H9N.C6H9NO3.C6H5NO3/c17-12-8-14(6-7-15-12)10-16(13(14)18)9-11-4-2-1-3-5-11;11-9-5-4-8-10-6-2-1-3-7-10;1-11-7(10)5-2-3-8-6(9)4-5;8-6-7-4-2-1-3-5-7;2*8-5-3-4(6(9)10)1-2-7-5/h1-5H,6-10H2,(H,15,17);1-3,6-7H,4-5,8H2;5H,2-4H2,1H3,(H,8,9);1-5H,6,8H2;4H,1-3H2,(H,7,8)(H,9,10);1-3H,(H,7,8)(H,9,10). The van der Waals surface area contributed by atoms with E-state index >= 15 is 0 Å². The lowest BCUT2D eigenvalue weighted by molar-refractivity contribution is -0.167. The van der Waals surface area contributed by atoms with Crippen LogP contribution in [0.25, 0.3) is 0 Å². The van der Waals surface area contributed by atoms with Gasteiger partial charge in [-0.15, -0.1) is 0 Å². The Morgan fingerprint density at radius 2 is 1.31 bits per heavy atom. The van der Waals surface area contributed by atoms with Gasteiger partial charge >= 0.3 is 17.9 Å². The van der Waals surface area contributed by atoms with Crippen molar-refractivity contribution < 1.29 is 48.5 Å². The average Bonchev–Trinajstić information content (AvgIpc) is 3.35. The third-order valence-electron chi connectivity index (χ3n) is 11.0. The molecule has 18 heteroatoms. The summed E-state index contributed by atoms with van der Waals surface area (Å²) in [6.07, 6.45) is 6.75. The Bertz CT molecular complexity index is 2340. The highest BCUT2D eigenvalue weighted by atomic mass is 16.5. The van der Waals surface area contributed by atoms with Crippen LogP contribution in [0.2, 0.25) is 0 Å². The molecule has 0 bridgehead atoms. The maximum absolute atomic E-state index is 12.2. The molecule has 4 aliphatic heterocycles. The van der Waals surface area contributed by atoms with Crippen LogP contribution in [0.1, 0.15) is 78.4 Å². The molecule has 8 N–H and O–H groups in total. The van der Waals surface area contributed by atoms with E-state index in [9.17, 15) is 38.4 Å². The lowest BCUT2D eigenvalue weighted by Gasteiger charge is -2.50. The van der Waals surface area contributed by atoms with E-state index < -0.39 is 28.8 Å². The van der Waals surface area contributed by atoms with Crippen LogP contribution >= 0.6 is 0 Å². The normalized spacial score (nSPS) is 18.7. The molecule has 362 valence electrons. The summed E-state index contributed by atoms with van der Waals surface area (Å²) in [5, 5.41) is 33.1. The minimum absolute atomic E-state index is 0.00347. The Hall–Kier alpha value is -7.65. The number of piperidine rings is 3. The zero-order valence-electron chi connectivity index (χ0n) is 38.2. The van der Waals surface area contributed by atoms with Crippen LogP contribution in [0, 0.1) is 28.6 Å². The van der Waals surface area contributed by atoms with Gasteiger partial charge < -0.3 is 46.5 Å². The van der Waals surface area contributed by atoms with Crippen LogP contribution in [0.3, 0.4) is 0 Å². The maximum Gasteiger partial charge on any atom is 0.335 e. The molecule has 0 radical (unpaired) electrons. The zero-order valence-corrected chi connectivity index (χ0v) is 38.2. The first-order chi connectivity index (χ1) is 32.7. The highest BCUT2D eigenvalue weighted by Gasteiger charge is 2.53. The number of methoxy groups -OCH3 is 1. The van der Waals surface area contributed by atoms with E-state index in [4.69, 9.17) is 21.2 Å². The number of H-pyrrole nitrogens is 1. The maximum atomic E-state index is 12.2. The number of hydrogen-bond donors (Lipinski definition) is 7. The van der Waals surface area contributed by atoms with E-state index in [1.165, 1.54) is 30.5 Å². The van der Waals surface area contributed by atoms with E-state index in [1.54, 1.807) is 0 Å². The van der Waals surface area contributed by atoms with Gasteiger partial charge in [-0.25, -0.2) is 4.79 Å². The molecule has 18 nitrogen and oxygen atoms in total. The number of carbonyl (C=O) groups excluding carboxylic acids is 5. The van der Waals surface area contributed by atoms with Crippen molar-refractivity contribution >= 4 is 41.5 Å². The third kappa shape index (κ3) is 19.8. The molecule has 3 aromatic carbocycles. The fourth-order valence-electron chi connectivity index (χ4n) is 7.25. The lowest BCUT2D eigenvalue weighted by atomic mass is 9.71. The molecule has 4 fully saturated rings.